The summed E-state index contributed by atoms with van der Waals surface area (Å²) in [5, 5.41) is 0. The van der Waals surface area contributed by atoms with Crippen LogP contribution in [0.3, 0.4) is 0 Å². The maximum absolute atomic E-state index is 13.2. The van der Waals surface area contributed by atoms with Crippen LogP contribution in [-0.2, 0) is 28.9 Å². The summed E-state index contributed by atoms with van der Waals surface area (Å²) in [4.78, 5) is 27.5. The van der Waals surface area contributed by atoms with Gasteiger partial charge in [0, 0.05) is 18.5 Å². The highest BCUT2D eigenvalue weighted by molar-refractivity contribution is 7.14. The standard InChI is InChI=1S/C19H20FNO3S/c1-21(11-13-5-4-7-15(20)9-13)18(22)12-24-19(23)17-10-14-6-2-3-8-16(14)25-17/h4-5,7,9-10H,2-3,6,8,11-12H2,1H3. The number of esters is 1. The third-order valence-electron chi connectivity index (χ3n) is 4.26. The maximum Gasteiger partial charge on any atom is 0.348 e. The van der Waals surface area contributed by atoms with Crippen LogP contribution in [0.25, 0.3) is 0 Å². The Morgan fingerprint density at radius 1 is 1.24 bits per heavy atom. The number of carbonyl (C=O) groups excluding carboxylic acids is 2. The quantitative estimate of drug-likeness (QED) is 0.765. The fraction of sp³-hybridized carbons (Fsp3) is 0.368. The molecule has 0 spiro atoms. The highest BCUT2D eigenvalue weighted by atomic mass is 32.1. The molecule has 0 saturated carbocycles. The van der Waals surface area contributed by atoms with Crippen molar-refractivity contribution in [3.63, 3.8) is 0 Å². The fourth-order valence-corrected chi connectivity index (χ4v) is 4.04. The number of amides is 1. The molecular weight excluding hydrogens is 341 g/mol. The van der Waals surface area contributed by atoms with Gasteiger partial charge in [-0.2, -0.15) is 0 Å². The summed E-state index contributed by atoms with van der Waals surface area (Å²) in [5.41, 5.74) is 1.92. The van der Waals surface area contributed by atoms with Crippen LogP contribution in [0, 0.1) is 5.82 Å². The molecule has 132 valence electrons. The number of hydrogen-bond donors (Lipinski definition) is 0. The topological polar surface area (TPSA) is 46.6 Å². The van der Waals surface area contributed by atoms with Gasteiger partial charge in [0.15, 0.2) is 6.61 Å². The van der Waals surface area contributed by atoms with Crippen LogP contribution in [0.1, 0.15) is 38.5 Å². The first-order chi connectivity index (χ1) is 12.0. The molecule has 0 saturated heterocycles. The lowest BCUT2D eigenvalue weighted by atomic mass is 9.99. The summed E-state index contributed by atoms with van der Waals surface area (Å²) in [5.74, 6) is -1.11. The number of aryl methyl sites for hydroxylation is 2. The Labute approximate surface area is 150 Å². The molecule has 3 rings (SSSR count). The minimum absolute atomic E-state index is 0.265. The fourth-order valence-electron chi connectivity index (χ4n) is 2.90. The van der Waals surface area contributed by atoms with Crippen LogP contribution in [0.2, 0.25) is 0 Å². The van der Waals surface area contributed by atoms with Gasteiger partial charge in [-0.3, -0.25) is 4.79 Å². The van der Waals surface area contributed by atoms with Gasteiger partial charge >= 0.3 is 5.97 Å². The van der Waals surface area contributed by atoms with Gasteiger partial charge in [-0.15, -0.1) is 11.3 Å². The molecule has 1 aliphatic carbocycles. The second-order valence-corrected chi connectivity index (χ2v) is 7.36. The predicted octanol–water partition coefficient (Wildman–Crippen LogP) is 3.58. The minimum atomic E-state index is -0.452. The lowest BCUT2D eigenvalue weighted by molar-refractivity contribution is -0.133. The van der Waals surface area contributed by atoms with Crippen LogP contribution in [-0.4, -0.2) is 30.4 Å². The molecule has 6 heteroatoms. The van der Waals surface area contributed by atoms with Crippen molar-refractivity contribution in [3.05, 3.63) is 57.0 Å². The Kier molecular flexibility index (Phi) is 5.48. The van der Waals surface area contributed by atoms with Crippen molar-refractivity contribution in [2.24, 2.45) is 0 Å². The molecule has 0 aliphatic heterocycles. The average Bonchev–Trinajstić information content (AvgIpc) is 3.03. The van der Waals surface area contributed by atoms with Crippen LogP contribution in [0.4, 0.5) is 4.39 Å². The van der Waals surface area contributed by atoms with E-state index in [1.165, 1.54) is 38.8 Å². The molecule has 0 radical (unpaired) electrons. The Morgan fingerprint density at radius 3 is 2.80 bits per heavy atom. The Hall–Kier alpha value is -2.21. The number of ether oxygens (including phenoxy) is 1. The molecule has 1 aromatic heterocycles. The summed E-state index contributed by atoms with van der Waals surface area (Å²) in [6.07, 6.45) is 4.34. The summed E-state index contributed by atoms with van der Waals surface area (Å²) >= 11 is 1.47. The highest BCUT2D eigenvalue weighted by Crippen LogP contribution is 2.30. The summed E-state index contributed by atoms with van der Waals surface area (Å²) in [7, 11) is 1.60. The number of halogens is 1. The van der Waals surface area contributed by atoms with Crippen LogP contribution >= 0.6 is 11.3 Å². The van der Waals surface area contributed by atoms with E-state index >= 15 is 0 Å². The summed E-state index contributed by atoms with van der Waals surface area (Å²) < 4.78 is 18.3. The molecule has 2 aromatic rings. The number of likely N-dealkylation sites (N-methyl/N-ethyl adjacent to an activating group) is 1. The SMILES string of the molecule is CN(Cc1cccc(F)c1)C(=O)COC(=O)c1cc2c(s1)CCCC2. The van der Waals surface area contributed by atoms with Crippen molar-refractivity contribution in [1.82, 2.24) is 4.90 Å². The van der Waals surface area contributed by atoms with Crippen LogP contribution < -0.4 is 0 Å². The van der Waals surface area contributed by atoms with Gasteiger partial charge in [0.1, 0.15) is 10.7 Å². The van der Waals surface area contributed by atoms with Crippen molar-refractivity contribution >= 4 is 23.2 Å². The van der Waals surface area contributed by atoms with E-state index in [-0.39, 0.29) is 24.9 Å². The van der Waals surface area contributed by atoms with Gasteiger partial charge in [-0.05, 0) is 55.0 Å². The highest BCUT2D eigenvalue weighted by Gasteiger charge is 2.19. The molecule has 0 unspecified atom stereocenters. The predicted molar refractivity (Wildman–Crippen MR) is 94.1 cm³/mol. The number of carbonyl (C=O) groups is 2. The van der Waals surface area contributed by atoms with Gasteiger partial charge in [0.2, 0.25) is 0 Å². The van der Waals surface area contributed by atoms with Crippen molar-refractivity contribution < 1.29 is 18.7 Å². The largest absolute Gasteiger partial charge is 0.451 e. The second-order valence-electron chi connectivity index (χ2n) is 6.22. The first-order valence-corrected chi connectivity index (χ1v) is 9.11. The first kappa shape index (κ1) is 17.6. The zero-order chi connectivity index (χ0) is 17.8. The molecule has 0 bridgehead atoms. The molecule has 1 heterocycles. The van der Waals surface area contributed by atoms with Gasteiger partial charge in [-0.1, -0.05) is 12.1 Å². The van der Waals surface area contributed by atoms with E-state index in [4.69, 9.17) is 4.74 Å². The Morgan fingerprint density at radius 2 is 2.04 bits per heavy atom. The maximum atomic E-state index is 13.2. The van der Waals surface area contributed by atoms with Gasteiger partial charge in [0.05, 0.1) is 0 Å². The zero-order valence-corrected chi connectivity index (χ0v) is 14.9. The third kappa shape index (κ3) is 4.45. The molecule has 25 heavy (non-hydrogen) atoms. The first-order valence-electron chi connectivity index (χ1n) is 8.30. The number of thiophene rings is 1. The van der Waals surface area contributed by atoms with E-state index in [2.05, 4.69) is 0 Å². The van der Waals surface area contributed by atoms with E-state index in [0.29, 0.717) is 10.4 Å². The second kappa shape index (κ2) is 7.78. The molecular formula is C19H20FNO3S. The smallest absolute Gasteiger partial charge is 0.348 e. The van der Waals surface area contributed by atoms with Crippen molar-refractivity contribution in [1.29, 1.82) is 0 Å². The van der Waals surface area contributed by atoms with Gasteiger partial charge in [0.25, 0.3) is 5.91 Å². The lowest BCUT2D eigenvalue weighted by Gasteiger charge is -2.17. The molecule has 0 fully saturated rings. The minimum Gasteiger partial charge on any atom is -0.451 e. The van der Waals surface area contributed by atoms with Gasteiger partial charge < -0.3 is 9.64 Å². The van der Waals surface area contributed by atoms with Crippen LogP contribution in [0.15, 0.2) is 30.3 Å². The van der Waals surface area contributed by atoms with E-state index in [0.717, 1.165) is 25.7 Å². The normalized spacial score (nSPS) is 13.2. The number of hydrogen-bond acceptors (Lipinski definition) is 4. The monoisotopic (exact) mass is 361 g/mol. The van der Waals surface area contributed by atoms with E-state index in [9.17, 15) is 14.0 Å². The number of fused-ring (bicyclic) bond motifs is 1. The van der Waals surface area contributed by atoms with Crippen molar-refractivity contribution in [2.45, 2.75) is 32.2 Å². The number of rotatable bonds is 5. The molecule has 0 atom stereocenters. The van der Waals surface area contributed by atoms with E-state index in [1.807, 2.05) is 6.07 Å². The van der Waals surface area contributed by atoms with Crippen molar-refractivity contribution in [2.75, 3.05) is 13.7 Å². The Bertz CT molecular complexity index is 763. The zero-order valence-electron chi connectivity index (χ0n) is 14.1. The summed E-state index contributed by atoms with van der Waals surface area (Å²) in [6, 6.07) is 7.97. The van der Waals surface area contributed by atoms with E-state index in [1.54, 1.807) is 19.2 Å². The summed E-state index contributed by atoms with van der Waals surface area (Å²) in [6.45, 7) is -0.0470. The molecule has 1 aromatic carbocycles. The third-order valence-corrected chi connectivity index (χ3v) is 5.48. The lowest BCUT2D eigenvalue weighted by Crippen LogP contribution is -2.30. The molecule has 0 N–H and O–H groups in total. The molecule has 4 nitrogen and oxygen atoms in total. The number of benzene rings is 1. The van der Waals surface area contributed by atoms with Gasteiger partial charge in [-0.25, -0.2) is 9.18 Å². The molecule has 1 amide bonds. The molecule has 1 aliphatic rings. The van der Waals surface area contributed by atoms with Crippen molar-refractivity contribution in [3.8, 4) is 0 Å². The average molecular weight is 361 g/mol. The van der Waals surface area contributed by atoms with E-state index < -0.39 is 5.97 Å². The number of nitrogens with zero attached hydrogens (tertiary/aromatic N) is 1. The Balaban J connectivity index is 1.52. The van der Waals surface area contributed by atoms with Crippen LogP contribution in [0.5, 0.6) is 0 Å².